The summed E-state index contributed by atoms with van der Waals surface area (Å²) in [7, 11) is 0. The minimum absolute atomic E-state index is 0.0127. The molecule has 0 aromatic heterocycles. The van der Waals surface area contributed by atoms with Crippen molar-refractivity contribution >= 4 is 5.91 Å². The van der Waals surface area contributed by atoms with Crippen LogP contribution in [0.3, 0.4) is 0 Å². The van der Waals surface area contributed by atoms with Crippen LogP contribution in [0.5, 0.6) is 0 Å². The van der Waals surface area contributed by atoms with Crippen molar-refractivity contribution in [1.82, 2.24) is 4.90 Å². The fourth-order valence-corrected chi connectivity index (χ4v) is 1.38. The van der Waals surface area contributed by atoms with Gasteiger partial charge in [-0.3, -0.25) is 4.79 Å². The maximum absolute atomic E-state index is 11.1. The molecule has 1 aliphatic heterocycles. The number of hydrogen-bond donors (Lipinski definition) is 0. The van der Waals surface area contributed by atoms with E-state index >= 15 is 0 Å². The van der Waals surface area contributed by atoms with Crippen molar-refractivity contribution in [3.63, 3.8) is 0 Å². The molecule has 1 saturated heterocycles. The first-order chi connectivity index (χ1) is 5.60. The summed E-state index contributed by atoms with van der Waals surface area (Å²) in [5, 5.41) is 0. The zero-order valence-corrected chi connectivity index (χ0v) is 7.46. The summed E-state index contributed by atoms with van der Waals surface area (Å²) in [4.78, 5) is 12.8. The number of hydrogen-bond acceptors (Lipinski definition) is 2. The number of carbonyl (C=O) groups excluding carboxylic acids is 1. The average molecular weight is 167 g/mol. The van der Waals surface area contributed by atoms with E-state index in [4.69, 9.17) is 11.2 Å². The van der Waals surface area contributed by atoms with Crippen LogP contribution in [0.15, 0.2) is 0 Å². The Labute approximate surface area is 72.7 Å². The van der Waals surface area contributed by atoms with Gasteiger partial charge in [-0.25, -0.2) is 0 Å². The number of nitrogens with zero attached hydrogens (tertiary/aromatic N) is 1. The zero-order chi connectivity index (χ0) is 9.19. The van der Waals surface area contributed by atoms with Crippen molar-refractivity contribution < 1.29 is 9.53 Å². The monoisotopic (exact) mass is 167 g/mol. The lowest BCUT2D eigenvalue weighted by Gasteiger charge is -2.40. The van der Waals surface area contributed by atoms with Crippen LogP contribution in [0.2, 0.25) is 0 Å². The molecule has 0 saturated carbocycles. The third-order valence-electron chi connectivity index (χ3n) is 2.13. The van der Waals surface area contributed by atoms with Crippen LogP contribution < -0.4 is 0 Å². The third kappa shape index (κ3) is 1.44. The lowest BCUT2D eigenvalue weighted by molar-refractivity contribution is -0.140. The van der Waals surface area contributed by atoms with Gasteiger partial charge in [0, 0.05) is 13.5 Å². The van der Waals surface area contributed by atoms with E-state index in [2.05, 4.69) is 5.92 Å². The SMILES string of the molecule is C#CC1(C)COCCN1C(C)=O. The van der Waals surface area contributed by atoms with Crippen molar-refractivity contribution in [3.8, 4) is 12.3 Å². The Morgan fingerprint density at radius 3 is 2.83 bits per heavy atom. The summed E-state index contributed by atoms with van der Waals surface area (Å²) in [6.45, 7) is 4.98. The smallest absolute Gasteiger partial charge is 0.220 e. The van der Waals surface area contributed by atoms with Crippen LogP contribution in [-0.2, 0) is 9.53 Å². The Morgan fingerprint density at radius 2 is 2.42 bits per heavy atom. The van der Waals surface area contributed by atoms with Gasteiger partial charge in [-0.1, -0.05) is 5.92 Å². The van der Waals surface area contributed by atoms with Gasteiger partial charge < -0.3 is 9.64 Å². The zero-order valence-electron chi connectivity index (χ0n) is 7.46. The second kappa shape index (κ2) is 3.16. The molecule has 0 spiro atoms. The first-order valence-corrected chi connectivity index (χ1v) is 3.94. The highest BCUT2D eigenvalue weighted by atomic mass is 16.5. The van der Waals surface area contributed by atoms with Crippen LogP contribution in [0.4, 0.5) is 0 Å². The summed E-state index contributed by atoms with van der Waals surface area (Å²) in [6.07, 6.45) is 5.34. The lowest BCUT2D eigenvalue weighted by Crippen LogP contribution is -2.55. The topological polar surface area (TPSA) is 29.5 Å². The minimum Gasteiger partial charge on any atom is -0.376 e. The predicted molar refractivity (Wildman–Crippen MR) is 45.4 cm³/mol. The number of terminal acetylenes is 1. The first-order valence-electron chi connectivity index (χ1n) is 3.94. The molecule has 0 bridgehead atoms. The van der Waals surface area contributed by atoms with Gasteiger partial charge in [0.25, 0.3) is 0 Å². The highest BCUT2D eigenvalue weighted by molar-refractivity contribution is 5.75. The number of morpholine rings is 1. The Kier molecular flexibility index (Phi) is 2.39. The van der Waals surface area contributed by atoms with Crippen molar-refractivity contribution in [3.05, 3.63) is 0 Å². The van der Waals surface area contributed by atoms with Crippen molar-refractivity contribution in [1.29, 1.82) is 0 Å². The van der Waals surface area contributed by atoms with E-state index in [9.17, 15) is 4.79 Å². The van der Waals surface area contributed by atoms with Crippen molar-refractivity contribution in [2.75, 3.05) is 19.8 Å². The van der Waals surface area contributed by atoms with Crippen LogP contribution in [0.25, 0.3) is 0 Å². The normalized spacial score (nSPS) is 29.6. The number of carbonyl (C=O) groups is 1. The molecule has 1 heterocycles. The van der Waals surface area contributed by atoms with E-state index in [0.717, 1.165) is 0 Å². The molecular formula is C9H13NO2. The highest BCUT2D eigenvalue weighted by Gasteiger charge is 2.34. The molecule has 1 unspecified atom stereocenters. The number of rotatable bonds is 0. The Bertz CT molecular complexity index is 231. The van der Waals surface area contributed by atoms with E-state index in [1.165, 1.54) is 6.92 Å². The van der Waals surface area contributed by atoms with E-state index in [-0.39, 0.29) is 5.91 Å². The molecule has 66 valence electrons. The van der Waals surface area contributed by atoms with E-state index in [0.29, 0.717) is 19.8 Å². The molecule has 12 heavy (non-hydrogen) atoms. The summed E-state index contributed by atoms with van der Waals surface area (Å²) >= 11 is 0. The summed E-state index contributed by atoms with van der Waals surface area (Å²) in [5.74, 6) is 2.60. The highest BCUT2D eigenvalue weighted by Crippen LogP contribution is 2.18. The molecule has 3 heteroatoms. The van der Waals surface area contributed by atoms with E-state index < -0.39 is 5.54 Å². The van der Waals surface area contributed by atoms with Crippen molar-refractivity contribution in [2.45, 2.75) is 19.4 Å². The van der Waals surface area contributed by atoms with Gasteiger partial charge in [0.15, 0.2) is 0 Å². The van der Waals surface area contributed by atoms with Gasteiger partial charge in [0.1, 0.15) is 5.54 Å². The summed E-state index contributed by atoms with van der Waals surface area (Å²) in [5.41, 5.74) is -0.552. The Morgan fingerprint density at radius 1 is 1.75 bits per heavy atom. The van der Waals surface area contributed by atoms with E-state index in [1.54, 1.807) is 4.90 Å². The van der Waals surface area contributed by atoms with Gasteiger partial charge in [-0.15, -0.1) is 6.42 Å². The Balaban J connectivity index is 2.82. The molecule has 1 fully saturated rings. The molecule has 0 N–H and O–H groups in total. The predicted octanol–water partition coefficient (Wildman–Crippen LogP) is 0.257. The maximum Gasteiger partial charge on any atom is 0.220 e. The quantitative estimate of drug-likeness (QED) is 0.484. The molecule has 1 atom stereocenters. The minimum atomic E-state index is -0.552. The van der Waals surface area contributed by atoms with Crippen LogP contribution in [-0.4, -0.2) is 36.1 Å². The lowest BCUT2D eigenvalue weighted by atomic mass is 10.0. The fourth-order valence-electron chi connectivity index (χ4n) is 1.38. The molecule has 3 nitrogen and oxygen atoms in total. The third-order valence-corrected chi connectivity index (χ3v) is 2.13. The number of amides is 1. The summed E-state index contributed by atoms with van der Waals surface area (Å²) < 4.78 is 5.22. The first kappa shape index (κ1) is 9.08. The molecule has 1 amide bonds. The molecule has 0 radical (unpaired) electrons. The molecular weight excluding hydrogens is 154 g/mol. The van der Waals surface area contributed by atoms with Gasteiger partial charge in [-0.2, -0.15) is 0 Å². The molecule has 1 aliphatic rings. The van der Waals surface area contributed by atoms with E-state index in [1.807, 2.05) is 6.92 Å². The standard InChI is InChI=1S/C9H13NO2/c1-4-9(3)7-12-6-5-10(9)8(2)11/h1H,5-7H2,2-3H3. The fraction of sp³-hybridized carbons (Fsp3) is 0.667. The van der Waals surface area contributed by atoms with Gasteiger partial charge >= 0.3 is 0 Å². The molecule has 0 aromatic carbocycles. The Hall–Kier alpha value is -1.01. The van der Waals surface area contributed by atoms with Crippen molar-refractivity contribution in [2.24, 2.45) is 0 Å². The second-order valence-corrected chi connectivity index (χ2v) is 3.14. The molecule has 0 aromatic rings. The maximum atomic E-state index is 11.1. The molecule has 0 aliphatic carbocycles. The van der Waals surface area contributed by atoms with Crippen LogP contribution >= 0.6 is 0 Å². The van der Waals surface area contributed by atoms with Crippen LogP contribution in [0.1, 0.15) is 13.8 Å². The number of ether oxygens (including phenoxy) is 1. The summed E-state index contributed by atoms with van der Waals surface area (Å²) in [6, 6.07) is 0. The molecule has 1 rings (SSSR count). The van der Waals surface area contributed by atoms with Gasteiger partial charge in [-0.05, 0) is 6.92 Å². The van der Waals surface area contributed by atoms with Gasteiger partial charge in [0.2, 0.25) is 5.91 Å². The van der Waals surface area contributed by atoms with Gasteiger partial charge in [0.05, 0.1) is 13.2 Å². The average Bonchev–Trinajstić information content (AvgIpc) is 2.05. The second-order valence-electron chi connectivity index (χ2n) is 3.14. The van der Waals surface area contributed by atoms with Crippen LogP contribution in [0, 0.1) is 12.3 Å². The largest absolute Gasteiger partial charge is 0.376 e.